The molecule has 1 aromatic carbocycles. The first-order chi connectivity index (χ1) is 8.91. The highest BCUT2D eigenvalue weighted by molar-refractivity contribution is 7.80. The molecular formula is C13H17N3O2S. The molecule has 0 heterocycles. The van der Waals surface area contributed by atoms with Crippen molar-refractivity contribution in [2.75, 3.05) is 20.6 Å². The van der Waals surface area contributed by atoms with E-state index in [9.17, 15) is 9.59 Å². The quantitative estimate of drug-likeness (QED) is 0.771. The van der Waals surface area contributed by atoms with Gasteiger partial charge in [0.1, 0.15) is 4.99 Å². The molecule has 0 spiro atoms. The second-order valence-corrected chi connectivity index (χ2v) is 4.68. The van der Waals surface area contributed by atoms with Gasteiger partial charge in [-0.05, 0) is 12.1 Å². The third-order valence-electron chi connectivity index (χ3n) is 2.55. The summed E-state index contributed by atoms with van der Waals surface area (Å²) in [6.45, 7) is 0.312. The zero-order chi connectivity index (χ0) is 14.4. The van der Waals surface area contributed by atoms with Gasteiger partial charge in [-0.15, -0.1) is 0 Å². The summed E-state index contributed by atoms with van der Waals surface area (Å²) in [6.07, 6.45) is 0.281. The Morgan fingerprint density at radius 3 is 2.21 bits per heavy atom. The number of thiocarbonyl (C=S) groups is 1. The molecule has 19 heavy (non-hydrogen) atoms. The molecule has 0 atom stereocenters. The van der Waals surface area contributed by atoms with Crippen molar-refractivity contribution in [1.82, 2.24) is 10.2 Å². The van der Waals surface area contributed by atoms with Gasteiger partial charge in [0.2, 0.25) is 5.91 Å². The normalized spacial score (nSPS) is 9.79. The number of carbonyl (C=O) groups excluding carboxylic acids is 2. The van der Waals surface area contributed by atoms with Crippen molar-refractivity contribution in [3.63, 3.8) is 0 Å². The maximum Gasteiger partial charge on any atom is 0.251 e. The van der Waals surface area contributed by atoms with Gasteiger partial charge in [-0.3, -0.25) is 9.59 Å². The first-order valence-electron chi connectivity index (χ1n) is 5.80. The summed E-state index contributed by atoms with van der Waals surface area (Å²) in [5, 5.41) is 2.68. The van der Waals surface area contributed by atoms with Crippen LogP contribution in [-0.2, 0) is 4.79 Å². The van der Waals surface area contributed by atoms with Gasteiger partial charge in [0.05, 0.1) is 0 Å². The third kappa shape index (κ3) is 4.67. The Morgan fingerprint density at radius 1 is 1.21 bits per heavy atom. The van der Waals surface area contributed by atoms with Crippen molar-refractivity contribution in [1.29, 1.82) is 0 Å². The molecule has 0 aliphatic heterocycles. The standard InChI is InChI=1S/C13H17N3O2S/c1-16(2)11(17)7-8-15-13(18)10-5-3-9(4-6-10)12(14)19/h3-6H,7-8H2,1-2H3,(H2,14,19)(H,15,18). The summed E-state index contributed by atoms with van der Waals surface area (Å²) >= 11 is 4.83. The topological polar surface area (TPSA) is 75.4 Å². The Kier molecular flexibility index (Phi) is 5.44. The van der Waals surface area contributed by atoms with Crippen LogP contribution in [0.5, 0.6) is 0 Å². The molecule has 1 rings (SSSR count). The van der Waals surface area contributed by atoms with Crippen molar-refractivity contribution in [2.24, 2.45) is 5.73 Å². The van der Waals surface area contributed by atoms with Gasteiger partial charge >= 0.3 is 0 Å². The van der Waals surface area contributed by atoms with Gasteiger partial charge in [0.15, 0.2) is 0 Å². The fourth-order valence-electron chi connectivity index (χ4n) is 1.39. The minimum absolute atomic E-state index is 0.0240. The number of nitrogens with one attached hydrogen (secondary N) is 1. The summed E-state index contributed by atoms with van der Waals surface area (Å²) < 4.78 is 0. The van der Waals surface area contributed by atoms with Crippen LogP contribution in [0.15, 0.2) is 24.3 Å². The lowest BCUT2D eigenvalue weighted by molar-refractivity contribution is -0.128. The number of hydrogen-bond acceptors (Lipinski definition) is 3. The van der Waals surface area contributed by atoms with Crippen LogP contribution in [0.3, 0.4) is 0 Å². The predicted molar refractivity (Wildman–Crippen MR) is 78.0 cm³/mol. The van der Waals surface area contributed by atoms with Crippen molar-refractivity contribution in [2.45, 2.75) is 6.42 Å². The maximum absolute atomic E-state index is 11.8. The molecule has 6 heteroatoms. The van der Waals surface area contributed by atoms with E-state index in [4.69, 9.17) is 18.0 Å². The Bertz CT molecular complexity index is 483. The van der Waals surface area contributed by atoms with Crippen molar-refractivity contribution in [3.05, 3.63) is 35.4 Å². The van der Waals surface area contributed by atoms with Gasteiger partial charge < -0.3 is 16.0 Å². The number of hydrogen-bond donors (Lipinski definition) is 2. The molecule has 0 fully saturated rings. The SMILES string of the molecule is CN(C)C(=O)CCNC(=O)c1ccc(C(N)=S)cc1. The number of rotatable bonds is 5. The van der Waals surface area contributed by atoms with E-state index in [1.165, 1.54) is 4.90 Å². The third-order valence-corrected chi connectivity index (χ3v) is 2.79. The van der Waals surface area contributed by atoms with E-state index in [0.29, 0.717) is 22.7 Å². The van der Waals surface area contributed by atoms with Crippen molar-refractivity contribution >= 4 is 29.0 Å². The van der Waals surface area contributed by atoms with Gasteiger partial charge in [0.25, 0.3) is 5.91 Å². The largest absolute Gasteiger partial charge is 0.389 e. The number of nitrogens with zero attached hydrogens (tertiary/aromatic N) is 1. The van der Waals surface area contributed by atoms with Crippen LogP contribution in [0.4, 0.5) is 0 Å². The molecular weight excluding hydrogens is 262 g/mol. The molecule has 102 valence electrons. The minimum atomic E-state index is -0.221. The van der Waals surface area contributed by atoms with E-state index in [0.717, 1.165) is 0 Å². The van der Waals surface area contributed by atoms with Gasteiger partial charge in [-0.2, -0.15) is 0 Å². The van der Waals surface area contributed by atoms with Gasteiger partial charge in [-0.25, -0.2) is 0 Å². The molecule has 0 saturated carbocycles. The molecule has 0 aromatic heterocycles. The fraction of sp³-hybridized carbons (Fsp3) is 0.308. The zero-order valence-electron chi connectivity index (χ0n) is 11.0. The summed E-state index contributed by atoms with van der Waals surface area (Å²) in [4.78, 5) is 24.9. The number of carbonyl (C=O) groups is 2. The van der Waals surface area contributed by atoms with Crippen LogP contribution in [-0.4, -0.2) is 42.3 Å². The molecule has 0 unspecified atom stereocenters. The Morgan fingerprint density at radius 2 is 1.74 bits per heavy atom. The van der Waals surface area contributed by atoms with Crippen LogP contribution >= 0.6 is 12.2 Å². The summed E-state index contributed by atoms with van der Waals surface area (Å²) in [6, 6.07) is 6.69. The molecule has 2 amide bonds. The van der Waals surface area contributed by atoms with E-state index in [1.807, 2.05) is 0 Å². The predicted octanol–water partition coefficient (Wildman–Crippen LogP) is 0.529. The average Bonchev–Trinajstić information content (AvgIpc) is 2.38. The lowest BCUT2D eigenvalue weighted by atomic mass is 10.1. The Labute approximate surface area is 117 Å². The van der Waals surface area contributed by atoms with Crippen molar-refractivity contribution in [3.8, 4) is 0 Å². The van der Waals surface area contributed by atoms with E-state index >= 15 is 0 Å². The van der Waals surface area contributed by atoms with Crippen LogP contribution in [0.2, 0.25) is 0 Å². The Hall–Kier alpha value is -1.95. The van der Waals surface area contributed by atoms with Gasteiger partial charge in [-0.1, -0.05) is 24.4 Å². The summed E-state index contributed by atoms with van der Waals surface area (Å²) in [7, 11) is 3.36. The molecule has 0 bridgehead atoms. The lowest BCUT2D eigenvalue weighted by Gasteiger charge is -2.10. The van der Waals surface area contributed by atoms with E-state index in [1.54, 1.807) is 38.4 Å². The molecule has 0 aliphatic rings. The summed E-state index contributed by atoms with van der Waals surface area (Å²) in [5.41, 5.74) is 6.70. The van der Waals surface area contributed by atoms with Gasteiger partial charge in [0, 0.05) is 38.2 Å². The van der Waals surface area contributed by atoms with Crippen LogP contribution < -0.4 is 11.1 Å². The van der Waals surface area contributed by atoms with E-state index in [-0.39, 0.29) is 18.2 Å². The van der Waals surface area contributed by atoms with Crippen LogP contribution in [0.25, 0.3) is 0 Å². The fourth-order valence-corrected chi connectivity index (χ4v) is 1.53. The van der Waals surface area contributed by atoms with Crippen molar-refractivity contribution < 1.29 is 9.59 Å². The zero-order valence-corrected chi connectivity index (χ0v) is 11.8. The smallest absolute Gasteiger partial charge is 0.251 e. The Balaban J connectivity index is 2.50. The highest BCUT2D eigenvalue weighted by Gasteiger charge is 2.08. The summed E-state index contributed by atoms with van der Waals surface area (Å²) in [5.74, 6) is -0.245. The first-order valence-corrected chi connectivity index (χ1v) is 6.21. The van der Waals surface area contributed by atoms with E-state index < -0.39 is 0 Å². The average molecular weight is 279 g/mol. The molecule has 1 aromatic rings. The number of nitrogens with two attached hydrogens (primary N) is 1. The monoisotopic (exact) mass is 279 g/mol. The second kappa shape index (κ2) is 6.84. The molecule has 5 nitrogen and oxygen atoms in total. The lowest BCUT2D eigenvalue weighted by Crippen LogP contribution is -2.30. The molecule has 0 aliphatic carbocycles. The molecule has 3 N–H and O–H groups in total. The molecule has 0 radical (unpaired) electrons. The maximum atomic E-state index is 11.8. The van der Waals surface area contributed by atoms with E-state index in [2.05, 4.69) is 5.32 Å². The minimum Gasteiger partial charge on any atom is -0.389 e. The number of benzene rings is 1. The molecule has 0 saturated heterocycles. The second-order valence-electron chi connectivity index (χ2n) is 4.24. The van der Waals surface area contributed by atoms with Crippen LogP contribution in [0, 0.1) is 0 Å². The van der Waals surface area contributed by atoms with Crippen LogP contribution in [0.1, 0.15) is 22.3 Å². The number of amides is 2. The highest BCUT2D eigenvalue weighted by atomic mass is 32.1. The highest BCUT2D eigenvalue weighted by Crippen LogP contribution is 2.04. The first kappa shape index (κ1) is 15.1.